The molecule has 2 aromatic rings. The minimum atomic E-state index is -5.26. The lowest BCUT2D eigenvalue weighted by Gasteiger charge is -2.25. The summed E-state index contributed by atoms with van der Waals surface area (Å²) in [7, 11) is -4.36. The van der Waals surface area contributed by atoms with Crippen LogP contribution in [0.2, 0.25) is 5.02 Å². The third-order valence-corrected chi connectivity index (χ3v) is 6.16. The Kier molecular flexibility index (Phi) is 6.08. The van der Waals surface area contributed by atoms with Crippen molar-refractivity contribution in [3.63, 3.8) is 0 Å². The van der Waals surface area contributed by atoms with Gasteiger partial charge in [-0.15, -0.1) is 0 Å². The van der Waals surface area contributed by atoms with Gasteiger partial charge in [-0.05, 0) is 43.3 Å². The maximum atomic E-state index is 12.8. The average Bonchev–Trinajstić information content (AvgIpc) is 2.62. The first-order chi connectivity index (χ1) is 13.6. The van der Waals surface area contributed by atoms with Gasteiger partial charge in [-0.3, -0.25) is 4.79 Å². The molecule has 0 aromatic heterocycles. The van der Waals surface area contributed by atoms with Crippen LogP contribution in [0.3, 0.4) is 0 Å². The fourth-order valence-electron chi connectivity index (χ4n) is 2.16. The highest BCUT2D eigenvalue weighted by atomic mass is 35.5. The van der Waals surface area contributed by atoms with E-state index in [1.807, 2.05) is 0 Å². The van der Waals surface area contributed by atoms with Gasteiger partial charge >= 0.3 is 12.1 Å². The molecule has 0 heterocycles. The number of carbonyl (C=O) groups excluding carboxylic acids is 1. The molecule has 0 radical (unpaired) electrons. The first-order valence-electron chi connectivity index (χ1n) is 7.87. The predicted molar refractivity (Wildman–Crippen MR) is 100 cm³/mol. The van der Waals surface area contributed by atoms with Gasteiger partial charge in [-0.2, -0.15) is 13.2 Å². The number of sulfone groups is 1. The number of carboxylic acids is 1. The number of hydrogen-bond donors (Lipinski definition) is 4. The molecule has 1 amide bonds. The zero-order valence-corrected chi connectivity index (χ0v) is 16.6. The summed E-state index contributed by atoms with van der Waals surface area (Å²) in [5, 5.41) is 19.7. The number of halogens is 4. The van der Waals surface area contributed by atoms with Crippen LogP contribution < -0.4 is 11.1 Å². The van der Waals surface area contributed by atoms with E-state index in [4.69, 9.17) is 22.4 Å². The fraction of sp³-hybridized carbons (Fsp3) is 0.176. The minimum Gasteiger partial charge on any atom is -0.478 e. The number of rotatable bonds is 5. The summed E-state index contributed by atoms with van der Waals surface area (Å²) >= 11 is 5.89. The van der Waals surface area contributed by atoms with Gasteiger partial charge in [-0.25, -0.2) is 13.2 Å². The molecule has 0 saturated carbocycles. The highest BCUT2D eigenvalue weighted by Crippen LogP contribution is 2.34. The van der Waals surface area contributed by atoms with E-state index >= 15 is 0 Å². The quantitative estimate of drug-likeness (QED) is 0.495. The molecule has 0 fully saturated rings. The molecule has 0 unspecified atom stereocenters. The number of benzene rings is 2. The second-order valence-electron chi connectivity index (χ2n) is 6.23. The van der Waals surface area contributed by atoms with E-state index in [2.05, 4.69) is 0 Å². The average molecular weight is 467 g/mol. The molecule has 0 aliphatic carbocycles. The predicted octanol–water partition coefficient (Wildman–Crippen LogP) is 2.71. The lowest BCUT2D eigenvalue weighted by atomic mass is 10.1. The molecule has 8 nitrogen and oxygen atoms in total. The van der Waals surface area contributed by atoms with E-state index in [-0.39, 0.29) is 18.2 Å². The second kappa shape index (κ2) is 7.78. The summed E-state index contributed by atoms with van der Waals surface area (Å²) in [5.41, 5.74) is 0.951. The second-order valence-corrected chi connectivity index (χ2v) is 8.55. The zero-order chi connectivity index (χ0) is 23.1. The molecule has 1 atom stereocenters. The van der Waals surface area contributed by atoms with Crippen molar-refractivity contribution in [3.05, 3.63) is 47.0 Å². The Bertz CT molecular complexity index is 1130. The smallest absolute Gasteiger partial charge is 0.426 e. The zero-order valence-electron chi connectivity index (χ0n) is 15.0. The number of carboxylic acid groups (broad SMARTS) is 1. The largest absolute Gasteiger partial charge is 0.478 e. The van der Waals surface area contributed by atoms with E-state index < -0.39 is 54.0 Å². The standard InChI is InChI=1S/C17H14ClF3N2O6S/c1-16(27,17(19,20)21)15(26)23-12-5-3-9(7-10(12)18)30(28,29)13-6-8(14(24)25)2-4-11(13)22/h2-7,27H,22H2,1H3,(H,23,26)(H,24,25)/t16-/m1/s1. The number of anilines is 2. The van der Waals surface area contributed by atoms with Gasteiger partial charge in [0.1, 0.15) is 0 Å². The molecule has 0 bridgehead atoms. The summed E-state index contributed by atoms with van der Waals surface area (Å²) in [4.78, 5) is 21.9. The number of nitrogens with two attached hydrogens (primary N) is 1. The third-order valence-electron chi connectivity index (χ3n) is 4.04. The Morgan fingerprint density at radius 3 is 2.23 bits per heavy atom. The topological polar surface area (TPSA) is 147 Å². The summed E-state index contributed by atoms with van der Waals surface area (Å²) in [5.74, 6) is -3.22. The lowest BCUT2D eigenvalue weighted by Crippen LogP contribution is -2.52. The SMILES string of the molecule is C[C@@](O)(C(=O)Nc1ccc(S(=O)(=O)c2cc(C(=O)O)ccc2N)cc1Cl)C(F)(F)F. The summed E-state index contributed by atoms with van der Waals surface area (Å²) in [6, 6.07) is 5.71. The number of alkyl halides is 3. The molecule has 30 heavy (non-hydrogen) atoms. The first-order valence-corrected chi connectivity index (χ1v) is 9.73. The van der Waals surface area contributed by atoms with Crippen LogP contribution in [0.1, 0.15) is 17.3 Å². The molecule has 13 heteroatoms. The molecule has 0 spiro atoms. The molecular formula is C17H14ClF3N2O6S. The maximum Gasteiger partial charge on any atom is 0.426 e. The van der Waals surface area contributed by atoms with Crippen molar-refractivity contribution in [1.29, 1.82) is 0 Å². The van der Waals surface area contributed by atoms with Crippen molar-refractivity contribution in [1.82, 2.24) is 0 Å². The van der Waals surface area contributed by atoms with Crippen molar-refractivity contribution in [2.45, 2.75) is 28.5 Å². The molecule has 2 rings (SSSR count). The highest BCUT2D eigenvalue weighted by Gasteiger charge is 2.55. The Balaban J connectivity index is 2.43. The maximum absolute atomic E-state index is 12.8. The van der Waals surface area contributed by atoms with E-state index in [0.717, 1.165) is 36.4 Å². The van der Waals surface area contributed by atoms with Crippen molar-refractivity contribution in [2.75, 3.05) is 11.1 Å². The molecule has 5 N–H and O–H groups in total. The van der Waals surface area contributed by atoms with Crippen LogP contribution in [-0.2, 0) is 14.6 Å². The van der Waals surface area contributed by atoms with Crippen LogP contribution >= 0.6 is 11.6 Å². The third kappa shape index (κ3) is 4.35. The van der Waals surface area contributed by atoms with Gasteiger partial charge in [-0.1, -0.05) is 11.6 Å². The van der Waals surface area contributed by atoms with E-state index in [1.54, 1.807) is 5.32 Å². The highest BCUT2D eigenvalue weighted by molar-refractivity contribution is 7.91. The number of aromatic carboxylic acids is 1. The van der Waals surface area contributed by atoms with Gasteiger partial charge in [0.05, 0.1) is 31.8 Å². The van der Waals surface area contributed by atoms with Crippen LogP contribution in [0.15, 0.2) is 46.2 Å². The Morgan fingerprint density at radius 1 is 1.13 bits per heavy atom. The summed E-state index contributed by atoms with van der Waals surface area (Å²) in [6.07, 6.45) is -5.26. The molecule has 0 aliphatic heterocycles. The Hall–Kier alpha value is -2.83. The minimum absolute atomic E-state index is 0.241. The van der Waals surface area contributed by atoms with E-state index in [1.165, 1.54) is 0 Å². The number of carbonyl (C=O) groups is 2. The number of nitrogen functional groups attached to an aromatic ring is 1. The summed E-state index contributed by atoms with van der Waals surface area (Å²) in [6.45, 7) is 0.243. The fourth-order valence-corrected chi connectivity index (χ4v) is 3.89. The molecule has 2 aromatic carbocycles. The van der Waals surface area contributed by atoms with E-state index in [9.17, 15) is 36.3 Å². The number of nitrogens with one attached hydrogen (secondary N) is 1. The van der Waals surface area contributed by atoms with Crippen molar-refractivity contribution in [3.8, 4) is 0 Å². The Labute approximate surface area is 173 Å². The normalized spacial score (nSPS) is 14.1. The van der Waals surface area contributed by atoms with Gasteiger partial charge in [0.25, 0.3) is 5.91 Å². The van der Waals surface area contributed by atoms with Crippen molar-refractivity contribution in [2.24, 2.45) is 0 Å². The van der Waals surface area contributed by atoms with Crippen LogP contribution in [-0.4, -0.2) is 42.3 Å². The van der Waals surface area contributed by atoms with Crippen molar-refractivity contribution >= 4 is 44.7 Å². The molecule has 0 saturated heterocycles. The number of hydrogen-bond acceptors (Lipinski definition) is 6. The number of aliphatic hydroxyl groups is 1. The molecular weight excluding hydrogens is 453 g/mol. The van der Waals surface area contributed by atoms with Gasteiger partial charge < -0.3 is 21.3 Å². The summed E-state index contributed by atoms with van der Waals surface area (Å²) < 4.78 is 63.8. The first kappa shape index (κ1) is 23.4. The lowest BCUT2D eigenvalue weighted by molar-refractivity contribution is -0.242. The number of amides is 1. The molecule has 162 valence electrons. The van der Waals surface area contributed by atoms with Gasteiger partial charge in [0, 0.05) is 0 Å². The van der Waals surface area contributed by atoms with Crippen LogP contribution in [0.4, 0.5) is 24.5 Å². The van der Waals surface area contributed by atoms with Gasteiger partial charge in [0.2, 0.25) is 15.4 Å². The monoisotopic (exact) mass is 466 g/mol. The van der Waals surface area contributed by atoms with Crippen LogP contribution in [0, 0.1) is 0 Å². The van der Waals surface area contributed by atoms with Crippen LogP contribution in [0.25, 0.3) is 0 Å². The van der Waals surface area contributed by atoms with Crippen LogP contribution in [0.5, 0.6) is 0 Å². The van der Waals surface area contributed by atoms with Gasteiger partial charge in [0.15, 0.2) is 0 Å². The van der Waals surface area contributed by atoms with E-state index in [0.29, 0.717) is 0 Å². The molecule has 0 aliphatic rings. The Morgan fingerprint density at radius 2 is 1.73 bits per heavy atom. The van der Waals surface area contributed by atoms with Crippen molar-refractivity contribution < 1.29 is 41.4 Å².